The summed E-state index contributed by atoms with van der Waals surface area (Å²) in [5.74, 6) is -1.93. The molecule has 0 amide bonds. The van der Waals surface area contributed by atoms with E-state index in [1.807, 2.05) is 0 Å². The van der Waals surface area contributed by atoms with E-state index in [0.717, 1.165) is 6.07 Å². The highest BCUT2D eigenvalue weighted by atomic mass is 79.9. The van der Waals surface area contributed by atoms with E-state index in [1.54, 1.807) is 0 Å². The summed E-state index contributed by atoms with van der Waals surface area (Å²) in [7, 11) is 0. The first-order valence-corrected chi connectivity index (χ1v) is 6.74. The molecule has 0 spiro atoms. The number of hydrogen-bond donors (Lipinski definition) is 0. The van der Waals surface area contributed by atoms with Gasteiger partial charge >= 0.3 is 0 Å². The molecule has 0 nitrogen and oxygen atoms in total. The van der Waals surface area contributed by atoms with Crippen molar-refractivity contribution in [2.24, 2.45) is 0 Å². The summed E-state index contributed by atoms with van der Waals surface area (Å²) in [5, 5.41) is 0.184. The molecule has 0 fully saturated rings. The van der Waals surface area contributed by atoms with Crippen molar-refractivity contribution in [1.29, 1.82) is 0 Å². The van der Waals surface area contributed by atoms with Crippen LogP contribution in [0.25, 0.3) is 0 Å². The van der Waals surface area contributed by atoms with Crippen LogP contribution in [0.1, 0.15) is 21.5 Å². The number of hydrogen-bond acceptors (Lipinski definition) is 0. The molecular formula is C14H9BrClF3. The van der Waals surface area contributed by atoms with E-state index in [4.69, 9.17) is 11.6 Å². The number of alkyl halides is 1. The van der Waals surface area contributed by atoms with Gasteiger partial charge in [0.1, 0.15) is 17.5 Å². The summed E-state index contributed by atoms with van der Waals surface area (Å²) < 4.78 is 40.8. The highest BCUT2D eigenvalue weighted by molar-refractivity contribution is 9.09. The van der Waals surface area contributed by atoms with E-state index in [2.05, 4.69) is 15.9 Å². The lowest BCUT2D eigenvalue weighted by atomic mass is 10.0. The fourth-order valence-electron chi connectivity index (χ4n) is 1.78. The summed E-state index contributed by atoms with van der Waals surface area (Å²) in [4.78, 5) is -0.777. The minimum Gasteiger partial charge on any atom is -0.207 e. The molecule has 2 aromatic rings. The Kier molecular flexibility index (Phi) is 4.21. The average molecular weight is 350 g/mol. The van der Waals surface area contributed by atoms with E-state index in [0.29, 0.717) is 0 Å². The molecule has 0 aliphatic heterocycles. The Bertz CT molecular complexity index is 608. The number of aryl methyl sites for hydroxylation is 1. The molecule has 0 saturated carbocycles. The van der Waals surface area contributed by atoms with Crippen molar-refractivity contribution in [3.63, 3.8) is 0 Å². The van der Waals surface area contributed by atoms with E-state index in [-0.39, 0.29) is 21.7 Å². The Labute approximate surface area is 122 Å². The Morgan fingerprint density at radius 2 is 1.74 bits per heavy atom. The third-order valence-corrected chi connectivity index (χ3v) is 4.08. The van der Waals surface area contributed by atoms with E-state index in [1.165, 1.54) is 31.2 Å². The molecule has 0 heterocycles. The fraction of sp³-hybridized carbons (Fsp3) is 0.143. The lowest BCUT2D eigenvalue weighted by Crippen LogP contribution is -2.02. The van der Waals surface area contributed by atoms with E-state index < -0.39 is 22.3 Å². The van der Waals surface area contributed by atoms with Crippen LogP contribution in [0, 0.1) is 24.4 Å². The molecule has 0 radical (unpaired) electrons. The van der Waals surface area contributed by atoms with Gasteiger partial charge in [0.15, 0.2) is 0 Å². The molecule has 1 unspecified atom stereocenters. The first kappa shape index (κ1) is 14.4. The number of rotatable bonds is 2. The highest BCUT2D eigenvalue weighted by Gasteiger charge is 2.22. The standard InChI is InChI=1S/C14H9BrClF3/c1-7-5-8(12(19)6-11(7)18)14(15)13-9(16)3-2-4-10(13)17/h2-6,14H,1H3. The summed E-state index contributed by atoms with van der Waals surface area (Å²) in [6, 6.07) is 6.35. The predicted octanol–water partition coefficient (Wildman–Crippen LogP) is 5.55. The normalized spacial score (nSPS) is 12.5. The van der Waals surface area contributed by atoms with Crippen LogP contribution in [0.4, 0.5) is 13.2 Å². The summed E-state index contributed by atoms with van der Waals surface area (Å²) in [5.41, 5.74) is 0.563. The molecule has 0 aliphatic carbocycles. The first-order chi connectivity index (χ1) is 8.91. The third-order valence-electron chi connectivity index (χ3n) is 2.80. The van der Waals surface area contributed by atoms with Crippen LogP contribution >= 0.6 is 27.5 Å². The van der Waals surface area contributed by atoms with Crippen molar-refractivity contribution >= 4 is 27.5 Å². The smallest absolute Gasteiger partial charge is 0.130 e. The molecule has 1 atom stereocenters. The van der Waals surface area contributed by atoms with Crippen LogP contribution < -0.4 is 0 Å². The van der Waals surface area contributed by atoms with Crippen molar-refractivity contribution in [3.8, 4) is 0 Å². The molecule has 5 heteroatoms. The SMILES string of the molecule is Cc1cc(C(Br)c2c(F)cccc2Cl)c(F)cc1F. The Balaban J connectivity index is 2.56. The lowest BCUT2D eigenvalue weighted by molar-refractivity contribution is 0.566. The van der Waals surface area contributed by atoms with Crippen molar-refractivity contribution < 1.29 is 13.2 Å². The van der Waals surface area contributed by atoms with Gasteiger partial charge in [-0.25, -0.2) is 13.2 Å². The number of benzene rings is 2. The van der Waals surface area contributed by atoms with Crippen molar-refractivity contribution in [1.82, 2.24) is 0 Å². The molecule has 2 rings (SSSR count). The second kappa shape index (κ2) is 5.55. The Morgan fingerprint density at radius 1 is 1.05 bits per heavy atom. The van der Waals surface area contributed by atoms with Gasteiger partial charge in [0, 0.05) is 22.2 Å². The maximum absolute atomic E-state index is 13.8. The van der Waals surface area contributed by atoms with Gasteiger partial charge in [-0.1, -0.05) is 33.6 Å². The predicted molar refractivity (Wildman–Crippen MR) is 73.3 cm³/mol. The molecule has 0 bridgehead atoms. The third kappa shape index (κ3) is 2.79. The summed E-state index contributed by atoms with van der Waals surface area (Å²) in [6.07, 6.45) is 0. The maximum Gasteiger partial charge on any atom is 0.130 e. The Hall–Kier alpha value is -1.00. The fourth-order valence-corrected chi connectivity index (χ4v) is 3.00. The first-order valence-electron chi connectivity index (χ1n) is 5.45. The van der Waals surface area contributed by atoms with Crippen LogP contribution in [0.3, 0.4) is 0 Å². The minimum atomic E-state index is -0.777. The molecule has 100 valence electrons. The van der Waals surface area contributed by atoms with Crippen molar-refractivity contribution in [2.75, 3.05) is 0 Å². The zero-order chi connectivity index (χ0) is 14.2. The monoisotopic (exact) mass is 348 g/mol. The lowest BCUT2D eigenvalue weighted by Gasteiger charge is -2.15. The second-order valence-electron chi connectivity index (χ2n) is 4.12. The molecule has 2 aromatic carbocycles. The summed E-state index contributed by atoms with van der Waals surface area (Å²) in [6.45, 7) is 1.51. The van der Waals surface area contributed by atoms with Crippen LogP contribution in [0.15, 0.2) is 30.3 Å². The molecule has 0 aliphatic rings. The Morgan fingerprint density at radius 3 is 2.37 bits per heavy atom. The molecule has 0 saturated heterocycles. The van der Waals surface area contributed by atoms with Gasteiger partial charge in [-0.15, -0.1) is 0 Å². The quantitative estimate of drug-likeness (QED) is 0.624. The van der Waals surface area contributed by atoms with Crippen LogP contribution in [-0.4, -0.2) is 0 Å². The van der Waals surface area contributed by atoms with Gasteiger partial charge in [0.25, 0.3) is 0 Å². The van der Waals surface area contributed by atoms with E-state index >= 15 is 0 Å². The minimum absolute atomic E-state index is 0.133. The maximum atomic E-state index is 13.8. The highest BCUT2D eigenvalue weighted by Crippen LogP contribution is 2.38. The van der Waals surface area contributed by atoms with Gasteiger partial charge in [0.2, 0.25) is 0 Å². The summed E-state index contributed by atoms with van der Waals surface area (Å²) >= 11 is 9.15. The largest absolute Gasteiger partial charge is 0.207 e. The van der Waals surface area contributed by atoms with Crippen molar-refractivity contribution in [2.45, 2.75) is 11.8 Å². The number of halogens is 5. The van der Waals surface area contributed by atoms with Gasteiger partial charge < -0.3 is 0 Å². The van der Waals surface area contributed by atoms with Gasteiger partial charge in [-0.2, -0.15) is 0 Å². The van der Waals surface area contributed by atoms with Crippen LogP contribution in [0.5, 0.6) is 0 Å². The van der Waals surface area contributed by atoms with Crippen molar-refractivity contribution in [3.05, 3.63) is 69.5 Å². The van der Waals surface area contributed by atoms with Crippen LogP contribution in [-0.2, 0) is 0 Å². The van der Waals surface area contributed by atoms with Gasteiger partial charge in [-0.05, 0) is 30.7 Å². The average Bonchev–Trinajstić information content (AvgIpc) is 2.33. The molecule has 19 heavy (non-hydrogen) atoms. The second-order valence-corrected chi connectivity index (χ2v) is 5.44. The van der Waals surface area contributed by atoms with E-state index in [9.17, 15) is 13.2 Å². The molecular weight excluding hydrogens is 341 g/mol. The van der Waals surface area contributed by atoms with Gasteiger partial charge in [-0.3, -0.25) is 0 Å². The zero-order valence-electron chi connectivity index (χ0n) is 9.85. The molecule has 0 aromatic heterocycles. The van der Waals surface area contributed by atoms with Gasteiger partial charge in [0.05, 0.1) is 4.83 Å². The topological polar surface area (TPSA) is 0 Å². The molecule has 0 N–H and O–H groups in total. The van der Waals surface area contributed by atoms with Crippen LogP contribution in [0.2, 0.25) is 5.02 Å². The zero-order valence-corrected chi connectivity index (χ0v) is 12.2.